The quantitative estimate of drug-likeness (QED) is 0.893. The lowest BCUT2D eigenvalue weighted by Crippen LogP contribution is -2.36. The molecule has 0 radical (unpaired) electrons. The van der Waals surface area contributed by atoms with Gasteiger partial charge in [-0.05, 0) is 17.9 Å². The van der Waals surface area contributed by atoms with Crippen LogP contribution in [-0.4, -0.2) is 29.9 Å². The van der Waals surface area contributed by atoms with Crippen LogP contribution in [0.5, 0.6) is 0 Å². The summed E-state index contributed by atoms with van der Waals surface area (Å²) in [6, 6.07) is 10.5. The minimum absolute atomic E-state index is 0. The third-order valence-electron chi connectivity index (χ3n) is 5.74. The third-order valence-corrected chi connectivity index (χ3v) is 5.74. The molecule has 0 aromatic heterocycles. The van der Waals surface area contributed by atoms with E-state index in [1.54, 1.807) is 0 Å². The lowest BCUT2D eigenvalue weighted by molar-refractivity contribution is -0.134. The van der Waals surface area contributed by atoms with E-state index < -0.39 is 0 Å². The maximum atomic E-state index is 12.8. The number of nitrogens with two attached hydrogens (primary N) is 1. The molecular weight excluding hydrogens is 320 g/mol. The summed E-state index contributed by atoms with van der Waals surface area (Å²) in [6.07, 6.45) is 7.74. The number of carbonyl (C=O) groups excluding carboxylic acids is 1. The lowest BCUT2D eigenvalue weighted by Gasteiger charge is -2.27. The van der Waals surface area contributed by atoms with E-state index in [1.165, 1.54) is 37.7 Å². The zero-order valence-corrected chi connectivity index (χ0v) is 15.5. The van der Waals surface area contributed by atoms with Gasteiger partial charge in [0.2, 0.25) is 5.91 Å². The number of hydrogen-bond acceptors (Lipinski definition) is 2. The third kappa shape index (κ3) is 4.52. The monoisotopic (exact) mass is 350 g/mol. The molecule has 0 spiro atoms. The standard InChI is InChI=1S/C20H30N2O.ClH/c1-15(12-16-8-4-2-5-9-16)20(23)22-13-18(19(21)14-22)17-10-6-3-7-11-17;/h3,6-7,10-11,15-16,18-19H,2,4-5,8-9,12-14,21H2,1H3;1H/t15?,18-,19+;/m0./s1. The van der Waals surface area contributed by atoms with Crippen molar-refractivity contribution < 1.29 is 4.79 Å². The van der Waals surface area contributed by atoms with Crippen molar-refractivity contribution in [1.82, 2.24) is 4.90 Å². The average Bonchev–Trinajstić information content (AvgIpc) is 2.97. The van der Waals surface area contributed by atoms with Gasteiger partial charge < -0.3 is 10.6 Å². The Morgan fingerprint density at radius 1 is 1.17 bits per heavy atom. The molecule has 2 N–H and O–H groups in total. The van der Waals surface area contributed by atoms with Gasteiger partial charge >= 0.3 is 0 Å². The number of rotatable bonds is 4. The molecule has 1 aliphatic heterocycles. The van der Waals surface area contributed by atoms with Crippen molar-refractivity contribution in [3.05, 3.63) is 35.9 Å². The first-order chi connectivity index (χ1) is 11.1. The fourth-order valence-corrected chi connectivity index (χ4v) is 4.40. The maximum absolute atomic E-state index is 12.8. The van der Waals surface area contributed by atoms with Gasteiger partial charge in [-0.3, -0.25) is 4.79 Å². The van der Waals surface area contributed by atoms with Crippen molar-refractivity contribution in [3.8, 4) is 0 Å². The molecule has 1 aliphatic carbocycles. The normalized spacial score (nSPS) is 26.0. The average molecular weight is 351 g/mol. The predicted octanol–water partition coefficient (Wildman–Crippen LogP) is 3.97. The summed E-state index contributed by atoms with van der Waals surface area (Å²) in [5.41, 5.74) is 7.59. The highest BCUT2D eigenvalue weighted by Crippen LogP contribution is 2.32. The van der Waals surface area contributed by atoms with Gasteiger partial charge in [-0.25, -0.2) is 0 Å². The van der Waals surface area contributed by atoms with Crippen LogP contribution in [0.4, 0.5) is 0 Å². The predicted molar refractivity (Wildman–Crippen MR) is 101 cm³/mol. The maximum Gasteiger partial charge on any atom is 0.225 e. The Morgan fingerprint density at radius 3 is 2.50 bits per heavy atom. The summed E-state index contributed by atoms with van der Waals surface area (Å²) in [6.45, 7) is 3.59. The highest BCUT2D eigenvalue weighted by molar-refractivity contribution is 5.85. The molecule has 3 atom stereocenters. The molecule has 1 saturated carbocycles. The van der Waals surface area contributed by atoms with E-state index in [0.717, 1.165) is 18.9 Å². The number of amides is 1. The minimum Gasteiger partial charge on any atom is -0.340 e. The molecule has 1 heterocycles. The molecule has 1 aromatic carbocycles. The van der Waals surface area contributed by atoms with Crippen LogP contribution in [0.15, 0.2) is 30.3 Å². The van der Waals surface area contributed by atoms with E-state index in [2.05, 4.69) is 31.2 Å². The number of likely N-dealkylation sites (tertiary alicyclic amines) is 1. The zero-order chi connectivity index (χ0) is 16.2. The van der Waals surface area contributed by atoms with Gasteiger partial charge in [-0.15, -0.1) is 12.4 Å². The van der Waals surface area contributed by atoms with Crippen LogP contribution in [0.1, 0.15) is 56.9 Å². The molecule has 1 aromatic rings. The van der Waals surface area contributed by atoms with Crippen molar-refractivity contribution in [3.63, 3.8) is 0 Å². The summed E-state index contributed by atoms with van der Waals surface area (Å²) in [5, 5.41) is 0. The second kappa shape index (κ2) is 8.87. The number of carbonyl (C=O) groups is 1. The van der Waals surface area contributed by atoms with E-state index >= 15 is 0 Å². The van der Waals surface area contributed by atoms with Crippen LogP contribution in [0, 0.1) is 11.8 Å². The molecule has 2 aliphatic rings. The van der Waals surface area contributed by atoms with Crippen LogP contribution in [0.3, 0.4) is 0 Å². The van der Waals surface area contributed by atoms with E-state index in [-0.39, 0.29) is 30.3 Å². The number of hydrogen-bond donors (Lipinski definition) is 1. The van der Waals surface area contributed by atoms with E-state index in [9.17, 15) is 4.79 Å². The van der Waals surface area contributed by atoms with E-state index in [4.69, 9.17) is 5.73 Å². The first kappa shape index (κ1) is 19.3. The molecule has 24 heavy (non-hydrogen) atoms. The molecule has 0 bridgehead atoms. The second-order valence-corrected chi connectivity index (χ2v) is 7.57. The Bertz CT molecular complexity index is 516. The van der Waals surface area contributed by atoms with Gasteiger partial charge in [0.25, 0.3) is 0 Å². The molecule has 4 heteroatoms. The van der Waals surface area contributed by atoms with Gasteiger partial charge in [0.1, 0.15) is 0 Å². The highest BCUT2D eigenvalue weighted by atomic mass is 35.5. The number of benzene rings is 1. The van der Waals surface area contributed by atoms with Crippen molar-refractivity contribution in [2.75, 3.05) is 13.1 Å². The van der Waals surface area contributed by atoms with Crippen LogP contribution >= 0.6 is 12.4 Å². The first-order valence-corrected chi connectivity index (χ1v) is 9.24. The Kier molecular flexibility index (Phi) is 7.12. The molecule has 1 saturated heterocycles. The summed E-state index contributed by atoms with van der Waals surface area (Å²) in [4.78, 5) is 14.8. The fraction of sp³-hybridized carbons (Fsp3) is 0.650. The highest BCUT2D eigenvalue weighted by Gasteiger charge is 2.35. The van der Waals surface area contributed by atoms with Crippen LogP contribution in [-0.2, 0) is 4.79 Å². The van der Waals surface area contributed by atoms with Crippen LogP contribution < -0.4 is 5.73 Å². The summed E-state index contributed by atoms with van der Waals surface area (Å²) in [5.74, 6) is 1.48. The molecule has 134 valence electrons. The van der Waals surface area contributed by atoms with Gasteiger partial charge in [-0.1, -0.05) is 69.4 Å². The molecule has 3 nitrogen and oxygen atoms in total. The largest absolute Gasteiger partial charge is 0.340 e. The Balaban J connectivity index is 0.00000208. The smallest absolute Gasteiger partial charge is 0.225 e. The summed E-state index contributed by atoms with van der Waals surface area (Å²) < 4.78 is 0. The van der Waals surface area contributed by atoms with Gasteiger partial charge in [0, 0.05) is 31.0 Å². The van der Waals surface area contributed by atoms with E-state index in [0.29, 0.717) is 12.5 Å². The van der Waals surface area contributed by atoms with E-state index in [1.807, 2.05) is 11.0 Å². The molecule has 3 rings (SSSR count). The number of nitrogens with zero attached hydrogens (tertiary/aromatic N) is 1. The molecule has 2 fully saturated rings. The SMILES string of the molecule is CC(CC1CCCCC1)C(=O)N1C[C@@H](N)[C@H](c2ccccc2)C1.Cl. The van der Waals surface area contributed by atoms with Crippen LogP contribution in [0.2, 0.25) is 0 Å². The van der Waals surface area contributed by atoms with Gasteiger partial charge in [0.05, 0.1) is 0 Å². The lowest BCUT2D eigenvalue weighted by atomic mass is 9.83. The van der Waals surface area contributed by atoms with Crippen LogP contribution in [0.25, 0.3) is 0 Å². The minimum atomic E-state index is 0. The summed E-state index contributed by atoms with van der Waals surface area (Å²) >= 11 is 0. The number of halogens is 1. The zero-order valence-electron chi connectivity index (χ0n) is 14.7. The van der Waals surface area contributed by atoms with Crippen molar-refractivity contribution in [2.24, 2.45) is 17.6 Å². The van der Waals surface area contributed by atoms with Crippen molar-refractivity contribution in [1.29, 1.82) is 0 Å². The topological polar surface area (TPSA) is 46.3 Å². The first-order valence-electron chi connectivity index (χ1n) is 9.24. The Hall–Kier alpha value is -1.06. The Labute approximate surface area is 152 Å². The van der Waals surface area contributed by atoms with Gasteiger partial charge in [0.15, 0.2) is 0 Å². The molecule has 1 unspecified atom stereocenters. The Morgan fingerprint density at radius 2 is 1.83 bits per heavy atom. The van der Waals surface area contributed by atoms with Crippen molar-refractivity contribution >= 4 is 18.3 Å². The molecular formula is C20H31ClN2O. The van der Waals surface area contributed by atoms with Gasteiger partial charge in [-0.2, -0.15) is 0 Å². The van der Waals surface area contributed by atoms with Crippen molar-refractivity contribution in [2.45, 2.75) is 57.4 Å². The second-order valence-electron chi connectivity index (χ2n) is 7.57. The fourth-order valence-electron chi connectivity index (χ4n) is 4.40. The molecule has 1 amide bonds. The summed E-state index contributed by atoms with van der Waals surface area (Å²) in [7, 11) is 0.